The average molecular weight is 667 g/mol. The molecule has 0 saturated carbocycles. The maximum absolute atomic E-state index is 10.9. The molecule has 9 heteroatoms. The predicted octanol–water partition coefficient (Wildman–Crippen LogP) is 8.50. The molecular formula is C42H30N6O3. The highest BCUT2D eigenvalue weighted by atomic mass is 16.3. The second-order valence-corrected chi connectivity index (χ2v) is 11.3. The molecule has 1 heterocycles. The molecule has 0 aliphatic rings. The van der Waals surface area contributed by atoms with Crippen molar-refractivity contribution in [3.05, 3.63) is 197 Å². The minimum absolute atomic E-state index is 0.0287. The molecule has 0 bridgehead atoms. The van der Waals surface area contributed by atoms with Gasteiger partial charge < -0.3 is 15.3 Å². The summed E-state index contributed by atoms with van der Waals surface area (Å²) in [6, 6.07) is 48.9. The van der Waals surface area contributed by atoms with Gasteiger partial charge in [0.25, 0.3) is 17.8 Å². The van der Waals surface area contributed by atoms with E-state index in [4.69, 9.17) is 15.0 Å². The van der Waals surface area contributed by atoms with Crippen LogP contribution in [0.5, 0.6) is 17.2 Å². The SMILES string of the molecule is Oc1ccccc1C(=Nc1nc(N=C(c2ccccc2)c2ccccc2O)nc(N=C(c2ccccc2)c2ccccc2O)n1)c1ccccc1. The van der Waals surface area contributed by atoms with Crippen molar-refractivity contribution in [3.63, 3.8) is 0 Å². The zero-order chi connectivity index (χ0) is 35.0. The molecule has 0 radical (unpaired) electrons. The van der Waals surface area contributed by atoms with Gasteiger partial charge in [-0.3, -0.25) is 0 Å². The van der Waals surface area contributed by atoms with Crippen molar-refractivity contribution >= 4 is 35.0 Å². The van der Waals surface area contributed by atoms with E-state index in [1.165, 1.54) is 0 Å². The second-order valence-electron chi connectivity index (χ2n) is 11.3. The summed E-state index contributed by atoms with van der Waals surface area (Å²) in [7, 11) is 0. The molecule has 1 aromatic heterocycles. The molecule has 7 rings (SSSR count). The molecular weight excluding hydrogens is 637 g/mol. The van der Waals surface area contributed by atoms with Crippen molar-refractivity contribution in [2.75, 3.05) is 0 Å². The summed E-state index contributed by atoms with van der Waals surface area (Å²) >= 11 is 0. The fourth-order valence-corrected chi connectivity index (χ4v) is 5.44. The summed E-state index contributed by atoms with van der Waals surface area (Å²) in [5.74, 6) is 0.00411. The highest BCUT2D eigenvalue weighted by molar-refractivity contribution is 6.17. The molecule has 51 heavy (non-hydrogen) atoms. The zero-order valence-electron chi connectivity index (χ0n) is 27.1. The van der Waals surface area contributed by atoms with Gasteiger partial charge in [0.05, 0.1) is 17.1 Å². The topological polar surface area (TPSA) is 136 Å². The van der Waals surface area contributed by atoms with Crippen LogP contribution in [-0.2, 0) is 0 Å². The number of hydrogen-bond donors (Lipinski definition) is 3. The summed E-state index contributed by atoms with van der Waals surface area (Å²) in [6.45, 7) is 0. The average Bonchev–Trinajstić information content (AvgIpc) is 3.17. The van der Waals surface area contributed by atoms with E-state index in [1.54, 1.807) is 54.6 Å². The summed E-state index contributed by atoms with van der Waals surface area (Å²) < 4.78 is 0. The minimum Gasteiger partial charge on any atom is -0.507 e. The lowest BCUT2D eigenvalue weighted by Gasteiger charge is -2.11. The number of nitrogens with zero attached hydrogens (tertiary/aromatic N) is 6. The standard InChI is InChI=1S/C42H30N6O3/c49-34-25-13-10-22-31(34)37(28-16-4-1-5-17-28)43-40-46-41(44-38(29-18-6-2-7-19-29)32-23-11-14-26-35(32)50)48-42(47-40)45-39(30-20-8-3-9-21-30)33-24-12-15-27-36(33)51/h1-27,49-51H. The monoisotopic (exact) mass is 666 g/mol. The van der Waals surface area contributed by atoms with E-state index < -0.39 is 0 Å². The summed E-state index contributed by atoms with van der Waals surface area (Å²) in [5, 5.41) is 32.7. The van der Waals surface area contributed by atoms with E-state index in [1.807, 2.05) is 109 Å². The maximum atomic E-state index is 10.9. The van der Waals surface area contributed by atoms with Crippen molar-refractivity contribution in [1.29, 1.82) is 0 Å². The number of phenolic OH excluding ortho intramolecular Hbond substituents is 3. The van der Waals surface area contributed by atoms with Crippen molar-refractivity contribution < 1.29 is 15.3 Å². The Hall–Kier alpha value is -7.26. The van der Waals surface area contributed by atoms with Crippen LogP contribution in [0.3, 0.4) is 0 Å². The normalized spacial score (nSPS) is 12.1. The van der Waals surface area contributed by atoms with Crippen LogP contribution in [0.25, 0.3) is 0 Å². The highest BCUT2D eigenvalue weighted by Gasteiger charge is 2.18. The first kappa shape index (κ1) is 32.3. The Bertz CT molecular complexity index is 2120. The summed E-state index contributed by atoms with van der Waals surface area (Å²) in [6.07, 6.45) is 0. The van der Waals surface area contributed by atoms with Crippen LogP contribution >= 0.6 is 0 Å². The number of benzene rings is 6. The Balaban J connectivity index is 1.51. The number of aliphatic imine (C=N–C) groups is 3. The van der Waals surface area contributed by atoms with Gasteiger partial charge in [-0.25, -0.2) is 15.0 Å². The van der Waals surface area contributed by atoms with Gasteiger partial charge in [0.1, 0.15) is 17.2 Å². The van der Waals surface area contributed by atoms with Gasteiger partial charge in [-0.2, -0.15) is 15.0 Å². The van der Waals surface area contributed by atoms with Gasteiger partial charge >= 0.3 is 0 Å². The quantitative estimate of drug-likeness (QED) is 0.132. The number of aromatic nitrogens is 3. The number of rotatable bonds is 9. The number of hydrogen-bond acceptors (Lipinski definition) is 9. The van der Waals surface area contributed by atoms with Crippen molar-refractivity contribution in [3.8, 4) is 17.2 Å². The lowest BCUT2D eigenvalue weighted by Crippen LogP contribution is -2.06. The maximum Gasteiger partial charge on any atom is 0.256 e. The van der Waals surface area contributed by atoms with Crippen LogP contribution in [0.15, 0.2) is 179 Å². The number of para-hydroxylation sites is 3. The van der Waals surface area contributed by atoms with Crippen LogP contribution in [0.1, 0.15) is 33.4 Å². The molecule has 0 fully saturated rings. The Morgan fingerprint density at radius 1 is 0.314 bits per heavy atom. The molecule has 0 saturated heterocycles. The Morgan fingerprint density at radius 2 is 0.549 bits per heavy atom. The van der Waals surface area contributed by atoms with Crippen molar-refractivity contribution in [1.82, 2.24) is 15.0 Å². The van der Waals surface area contributed by atoms with Gasteiger partial charge in [0, 0.05) is 33.4 Å². The number of phenols is 3. The van der Waals surface area contributed by atoms with Gasteiger partial charge in [-0.05, 0) is 36.4 Å². The largest absolute Gasteiger partial charge is 0.507 e. The van der Waals surface area contributed by atoms with Gasteiger partial charge in [0.15, 0.2) is 0 Å². The molecule has 0 unspecified atom stereocenters. The molecule has 0 aliphatic heterocycles. The highest BCUT2D eigenvalue weighted by Crippen LogP contribution is 2.28. The third-order valence-electron chi connectivity index (χ3n) is 7.85. The minimum atomic E-state index is -0.0287. The predicted molar refractivity (Wildman–Crippen MR) is 199 cm³/mol. The van der Waals surface area contributed by atoms with Crippen LogP contribution in [0.2, 0.25) is 0 Å². The van der Waals surface area contributed by atoms with Gasteiger partial charge in [-0.1, -0.05) is 127 Å². The molecule has 7 aromatic rings. The smallest absolute Gasteiger partial charge is 0.256 e. The van der Waals surface area contributed by atoms with Crippen LogP contribution in [0, 0.1) is 0 Å². The number of aromatic hydroxyl groups is 3. The molecule has 0 amide bonds. The molecule has 0 atom stereocenters. The Labute approximate surface area is 294 Å². The molecule has 3 N–H and O–H groups in total. The lowest BCUT2D eigenvalue weighted by atomic mass is 10.0. The van der Waals surface area contributed by atoms with Crippen molar-refractivity contribution in [2.24, 2.45) is 15.0 Å². The zero-order valence-corrected chi connectivity index (χ0v) is 27.1. The molecule has 0 aliphatic carbocycles. The Morgan fingerprint density at radius 3 is 0.804 bits per heavy atom. The van der Waals surface area contributed by atoms with Gasteiger partial charge in [-0.15, -0.1) is 0 Å². The molecule has 6 aromatic carbocycles. The van der Waals surface area contributed by atoms with E-state index in [-0.39, 0.29) is 35.1 Å². The molecule has 246 valence electrons. The fourth-order valence-electron chi connectivity index (χ4n) is 5.44. The Kier molecular flexibility index (Phi) is 9.42. The first-order chi connectivity index (χ1) is 25.0. The van der Waals surface area contributed by atoms with E-state index >= 15 is 0 Å². The first-order valence-corrected chi connectivity index (χ1v) is 16.1. The van der Waals surface area contributed by atoms with Crippen LogP contribution in [-0.4, -0.2) is 47.4 Å². The van der Waals surface area contributed by atoms with Crippen LogP contribution in [0.4, 0.5) is 17.8 Å². The van der Waals surface area contributed by atoms with Crippen molar-refractivity contribution in [2.45, 2.75) is 0 Å². The summed E-state index contributed by atoms with van der Waals surface area (Å²) in [5.41, 5.74) is 4.80. The fraction of sp³-hybridized carbons (Fsp3) is 0. The van der Waals surface area contributed by atoms with E-state index in [2.05, 4.69) is 15.0 Å². The van der Waals surface area contributed by atoms with E-state index in [0.717, 1.165) is 0 Å². The third-order valence-corrected chi connectivity index (χ3v) is 7.85. The summed E-state index contributed by atoms with van der Waals surface area (Å²) in [4.78, 5) is 28.6. The second kappa shape index (κ2) is 14.9. The van der Waals surface area contributed by atoms with Crippen LogP contribution < -0.4 is 0 Å². The lowest BCUT2D eigenvalue weighted by molar-refractivity contribution is 0.473. The molecule has 0 spiro atoms. The van der Waals surface area contributed by atoms with E-state index in [0.29, 0.717) is 50.5 Å². The third kappa shape index (κ3) is 7.43. The van der Waals surface area contributed by atoms with Gasteiger partial charge in [0.2, 0.25) is 0 Å². The first-order valence-electron chi connectivity index (χ1n) is 16.1. The molecule has 9 nitrogen and oxygen atoms in total. The van der Waals surface area contributed by atoms with E-state index in [9.17, 15) is 15.3 Å².